The zero-order valence-corrected chi connectivity index (χ0v) is 14.4. The highest BCUT2D eigenvalue weighted by Crippen LogP contribution is 2.22. The van der Waals surface area contributed by atoms with Gasteiger partial charge in [0.2, 0.25) is 0 Å². The van der Waals surface area contributed by atoms with Gasteiger partial charge in [-0.3, -0.25) is 4.79 Å². The first kappa shape index (κ1) is 17.6. The van der Waals surface area contributed by atoms with Crippen molar-refractivity contribution in [2.24, 2.45) is 0 Å². The molecule has 3 nitrogen and oxygen atoms in total. The summed E-state index contributed by atoms with van der Waals surface area (Å²) in [5.41, 5.74) is 2.02. The summed E-state index contributed by atoms with van der Waals surface area (Å²) >= 11 is 1.78. The Hall–Kier alpha value is -1.78. The average Bonchev–Trinajstić information content (AvgIpc) is 2.61. The van der Waals surface area contributed by atoms with Crippen molar-refractivity contribution in [1.29, 1.82) is 0 Å². The van der Waals surface area contributed by atoms with E-state index in [1.807, 2.05) is 30.3 Å². The molecule has 0 atom stereocenters. The van der Waals surface area contributed by atoms with Crippen molar-refractivity contribution in [1.82, 2.24) is 10.6 Å². The molecule has 0 aliphatic carbocycles. The third-order valence-electron chi connectivity index (χ3n) is 3.38. The SMILES string of the molecule is CCCNCCNC(=O)c1ccc(SCc2ccccc2)cc1. The highest BCUT2D eigenvalue weighted by molar-refractivity contribution is 7.98. The lowest BCUT2D eigenvalue weighted by atomic mass is 10.2. The second-order valence-corrected chi connectivity index (χ2v) is 6.35. The fraction of sp³-hybridized carbons (Fsp3) is 0.316. The third kappa shape index (κ3) is 6.47. The molecule has 2 aromatic carbocycles. The van der Waals surface area contributed by atoms with E-state index in [0.717, 1.165) is 25.3 Å². The molecule has 0 saturated carbocycles. The van der Waals surface area contributed by atoms with E-state index >= 15 is 0 Å². The Kier molecular flexibility index (Phi) is 7.70. The van der Waals surface area contributed by atoms with Crippen molar-refractivity contribution in [2.75, 3.05) is 19.6 Å². The minimum absolute atomic E-state index is 0.0112. The van der Waals surface area contributed by atoms with Gasteiger partial charge in [-0.05, 0) is 42.8 Å². The lowest BCUT2D eigenvalue weighted by molar-refractivity contribution is 0.0954. The first-order valence-electron chi connectivity index (χ1n) is 8.05. The molecule has 4 heteroatoms. The Morgan fingerprint density at radius 3 is 2.39 bits per heavy atom. The van der Waals surface area contributed by atoms with E-state index in [0.29, 0.717) is 12.1 Å². The van der Waals surface area contributed by atoms with Crippen molar-refractivity contribution in [2.45, 2.75) is 24.0 Å². The van der Waals surface area contributed by atoms with Gasteiger partial charge in [-0.25, -0.2) is 0 Å². The monoisotopic (exact) mass is 328 g/mol. The topological polar surface area (TPSA) is 41.1 Å². The van der Waals surface area contributed by atoms with Gasteiger partial charge in [0.15, 0.2) is 0 Å². The van der Waals surface area contributed by atoms with Gasteiger partial charge >= 0.3 is 0 Å². The Labute approximate surface area is 142 Å². The van der Waals surface area contributed by atoms with Crippen molar-refractivity contribution in [3.8, 4) is 0 Å². The molecule has 0 unspecified atom stereocenters. The number of thioether (sulfide) groups is 1. The molecule has 2 N–H and O–H groups in total. The number of amides is 1. The summed E-state index contributed by atoms with van der Waals surface area (Å²) in [4.78, 5) is 13.2. The van der Waals surface area contributed by atoms with E-state index < -0.39 is 0 Å². The lowest BCUT2D eigenvalue weighted by Crippen LogP contribution is -2.32. The van der Waals surface area contributed by atoms with Crippen LogP contribution in [0, 0.1) is 0 Å². The van der Waals surface area contributed by atoms with Crippen molar-refractivity contribution >= 4 is 17.7 Å². The highest BCUT2D eigenvalue weighted by atomic mass is 32.2. The quantitative estimate of drug-likeness (QED) is 0.545. The van der Waals surface area contributed by atoms with E-state index in [9.17, 15) is 4.79 Å². The van der Waals surface area contributed by atoms with Gasteiger partial charge in [0, 0.05) is 29.3 Å². The molecule has 23 heavy (non-hydrogen) atoms. The van der Waals surface area contributed by atoms with Crippen LogP contribution in [0.2, 0.25) is 0 Å². The molecular weight excluding hydrogens is 304 g/mol. The molecule has 0 aliphatic heterocycles. The van der Waals surface area contributed by atoms with Crippen molar-refractivity contribution in [3.05, 3.63) is 65.7 Å². The normalized spacial score (nSPS) is 10.5. The summed E-state index contributed by atoms with van der Waals surface area (Å²) in [5, 5.41) is 6.19. The molecule has 122 valence electrons. The molecule has 0 spiro atoms. The summed E-state index contributed by atoms with van der Waals surface area (Å²) < 4.78 is 0. The van der Waals surface area contributed by atoms with Crippen LogP contribution >= 0.6 is 11.8 Å². The molecule has 0 aromatic heterocycles. The van der Waals surface area contributed by atoms with Crippen LogP contribution in [0.15, 0.2) is 59.5 Å². The minimum Gasteiger partial charge on any atom is -0.351 e. The molecule has 1 amide bonds. The van der Waals surface area contributed by atoms with Gasteiger partial charge < -0.3 is 10.6 Å². The minimum atomic E-state index is -0.0112. The van der Waals surface area contributed by atoms with Crippen LogP contribution in [0.1, 0.15) is 29.3 Å². The van der Waals surface area contributed by atoms with Crippen LogP contribution in [-0.2, 0) is 5.75 Å². The van der Waals surface area contributed by atoms with Gasteiger partial charge in [0.25, 0.3) is 5.91 Å². The number of benzene rings is 2. The molecule has 0 heterocycles. The largest absolute Gasteiger partial charge is 0.351 e. The fourth-order valence-corrected chi connectivity index (χ4v) is 2.97. The van der Waals surface area contributed by atoms with Gasteiger partial charge in [0.05, 0.1) is 0 Å². The van der Waals surface area contributed by atoms with E-state index in [-0.39, 0.29) is 5.91 Å². The number of hydrogen-bond donors (Lipinski definition) is 2. The molecule has 0 radical (unpaired) electrons. The average molecular weight is 328 g/mol. The van der Waals surface area contributed by atoms with E-state index in [4.69, 9.17) is 0 Å². The molecule has 2 rings (SSSR count). The van der Waals surface area contributed by atoms with Gasteiger partial charge in [-0.1, -0.05) is 37.3 Å². The lowest BCUT2D eigenvalue weighted by Gasteiger charge is -2.07. The number of carbonyl (C=O) groups excluding carboxylic acids is 1. The fourth-order valence-electron chi connectivity index (χ4n) is 2.11. The summed E-state index contributed by atoms with van der Waals surface area (Å²) in [7, 11) is 0. The standard InChI is InChI=1S/C19H24N2OS/c1-2-12-20-13-14-21-19(22)17-8-10-18(11-9-17)23-15-16-6-4-3-5-7-16/h3-11,20H,2,12-15H2,1H3,(H,21,22). The van der Waals surface area contributed by atoms with Crippen molar-refractivity contribution in [3.63, 3.8) is 0 Å². The van der Waals surface area contributed by atoms with Crippen LogP contribution in [0.25, 0.3) is 0 Å². The summed E-state index contributed by atoms with van der Waals surface area (Å²) in [5.74, 6) is 0.929. The van der Waals surface area contributed by atoms with Crippen LogP contribution in [0.3, 0.4) is 0 Å². The number of nitrogens with one attached hydrogen (secondary N) is 2. The zero-order chi connectivity index (χ0) is 16.3. The Balaban J connectivity index is 1.76. The number of rotatable bonds is 9. The molecule has 0 bridgehead atoms. The first-order valence-corrected chi connectivity index (χ1v) is 9.04. The number of carbonyl (C=O) groups is 1. The predicted octanol–water partition coefficient (Wildman–Crippen LogP) is 3.71. The van der Waals surface area contributed by atoms with Gasteiger partial charge in [-0.2, -0.15) is 0 Å². The molecule has 0 fully saturated rings. The highest BCUT2D eigenvalue weighted by Gasteiger charge is 2.04. The molecule has 2 aromatic rings. The Morgan fingerprint density at radius 1 is 0.957 bits per heavy atom. The van der Waals surface area contributed by atoms with E-state index in [1.165, 1.54) is 10.5 Å². The first-order chi connectivity index (χ1) is 11.3. The summed E-state index contributed by atoms with van der Waals surface area (Å²) in [6.07, 6.45) is 1.11. The third-order valence-corrected chi connectivity index (χ3v) is 4.46. The summed E-state index contributed by atoms with van der Waals surface area (Å²) in [6, 6.07) is 18.2. The van der Waals surface area contributed by atoms with E-state index in [2.05, 4.69) is 41.8 Å². The van der Waals surface area contributed by atoms with Gasteiger partial charge in [-0.15, -0.1) is 11.8 Å². The van der Waals surface area contributed by atoms with Crippen LogP contribution < -0.4 is 10.6 Å². The van der Waals surface area contributed by atoms with Crippen molar-refractivity contribution < 1.29 is 4.79 Å². The number of hydrogen-bond acceptors (Lipinski definition) is 3. The van der Waals surface area contributed by atoms with Crippen LogP contribution in [0.5, 0.6) is 0 Å². The molecule has 0 saturated heterocycles. The van der Waals surface area contributed by atoms with Crippen LogP contribution in [-0.4, -0.2) is 25.5 Å². The van der Waals surface area contributed by atoms with Crippen LogP contribution in [0.4, 0.5) is 0 Å². The Morgan fingerprint density at radius 2 is 1.70 bits per heavy atom. The smallest absolute Gasteiger partial charge is 0.251 e. The Bertz CT molecular complexity index is 584. The maximum Gasteiger partial charge on any atom is 0.251 e. The maximum atomic E-state index is 12.0. The predicted molar refractivity (Wildman–Crippen MR) is 97.9 cm³/mol. The molecular formula is C19H24N2OS. The second-order valence-electron chi connectivity index (χ2n) is 5.30. The van der Waals surface area contributed by atoms with E-state index in [1.54, 1.807) is 11.8 Å². The second kappa shape index (κ2) is 10.1. The maximum absolute atomic E-state index is 12.0. The molecule has 0 aliphatic rings. The zero-order valence-electron chi connectivity index (χ0n) is 13.5. The van der Waals surface area contributed by atoms with Gasteiger partial charge in [0.1, 0.15) is 0 Å². The summed E-state index contributed by atoms with van der Waals surface area (Å²) in [6.45, 7) is 4.58.